The van der Waals surface area contributed by atoms with Crippen LogP contribution >= 0.6 is 0 Å². The number of nitrogens with zero attached hydrogens (tertiary/aromatic N) is 2. The topological polar surface area (TPSA) is 44.8 Å². The minimum Gasteiger partial charge on any atom is -0.383 e. The molecule has 1 saturated heterocycles. The molecule has 0 radical (unpaired) electrons. The summed E-state index contributed by atoms with van der Waals surface area (Å²) in [5, 5.41) is 2.99. The highest BCUT2D eigenvalue weighted by molar-refractivity contribution is 5.95. The summed E-state index contributed by atoms with van der Waals surface area (Å²) in [5.41, 5.74) is 3.91. The molecule has 1 heterocycles. The molecule has 186 valence electrons. The van der Waals surface area contributed by atoms with E-state index in [0.717, 1.165) is 37.7 Å². The van der Waals surface area contributed by atoms with Crippen LogP contribution in [-0.4, -0.2) is 63.8 Å². The predicted molar refractivity (Wildman–Crippen MR) is 138 cm³/mol. The number of carbonyl (C=O) groups is 1. The number of nitrogens with one attached hydrogen (secondary N) is 1. The van der Waals surface area contributed by atoms with Crippen LogP contribution in [0.25, 0.3) is 0 Å². The molecule has 2 aliphatic rings. The van der Waals surface area contributed by atoms with Crippen LogP contribution in [0.3, 0.4) is 0 Å². The molecule has 5 heteroatoms. The van der Waals surface area contributed by atoms with E-state index in [0.29, 0.717) is 24.5 Å². The van der Waals surface area contributed by atoms with Crippen molar-refractivity contribution in [3.8, 4) is 0 Å². The predicted octanol–water partition coefficient (Wildman–Crippen LogP) is 5.30. The molecule has 0 aromatic heterocycles. The number of ether oxygens (including phenoxy) is 1. The Bertz CT molecular complexity index is 742. The summed E-state index contributed by atoms with van der Waals surface area (Å²) < 4.78 is 5.09. The quantitative estimate of drug-likeness (QED) is 0.511. The summed E-state index contributed by atoms with van der Waals surface area (Å²) in [6.45, 7) is 16.0. The molecule has 1 aliphatic heterocycles. The fourth-order valence-electron chi connectivity index (χ4n) is 5.54. The first-order chi connectivity index (χ1) is 15.8. The van der Waals surface area contributed by atoms with E-state index in [4.69, 9.17) is 4.74 Å². The number of amides is 1. The molecule has 0 atom stereocenters. The molecule has 33 heavy (non-hydrogen) atoms. The van der Waals surface area contributed by atoms with Crippen molar-refractivity contribution in [2.75, 3.05) is 57.9 Å². The lowest BCUT2D eigenvalue weighted by Gasteiger charge is -2.40. The number of hydrogen-bond acceptors (Lipinski definition) is 4. The molecule has 1 saturated carbocycles. The van der Waals surface area contributed by atoms with E-state index in [2.05, 4.69) is 54.9 Å². The standard InChI is InChI=1S/C28H47N3O2/c1-6-7-15-30-16-18-31(19-17-30)26-21-23(27(32)29-14-20-33-5)10-13-25(26)22-8-11-24(12-9-22)28(2,3)4/h10,13,21-22,24H,6-9,11-12,14-20H2,1-5H3,(H,29,32). The molecule has 1 aliphatic carbocycles. The zero-order chi connectivity index (χ0) is 23.8. The minimum atomic E-state index is -0.00197. The maximum absolute atomic E-state index is 12.8. The largest absolute Gasteiger partial charge is 0.383 e. The van der Waals surface area contributed by atoms with Gasteiger partial charge in [0.25, 0.3) is 5.91 Å². The zero-order valence-corrected chi connectivity index (χ0v) is 21.8. The van der Waals surface area contributed by atoms with Crippen molar-refractivity contribution in [1.82, 2.24) is 10.2 Å². The summed E-state index contributed by atoms with van der Waals surface area (Å²) in [5.74, 6) is 1.41. The van der Waals surface area contributed by atoms with Crippen LogP contribution < -0.4 is 10.2 Å². The molecular formula is C28H47N3O2. The fourth-order valence-corrected chi connectivity index (χ4v) is 5.54. The third-order valence-electron chi connectivity index (χ3n) is 7.82. The Labute approximate surface area is 202 Å². The van der Waals surface area contributed by atoms with E-state index < -0.39 is 0 Å². The first-order valence-corrected chi connectivity index (χ1v) is 13.2. The lowest BCUT2D eigenvalue weighted by Crippen LogP contribution is -2.47. The van der Waals surface area contributed by atoms with Crippen LogP contribution in [0.5, 0.6) is 0 Å². The highest BCUT2D eigenvalue weighted by Crippen LogP contribution is 2.45. The fraction of sp³-hybridized carbons (Fsp3) is 0.750. The highest BCUT2D eigenvalue weighted by Gasteiger charge is 2.32. The van der Waals surface area contributed by atoms with Gasteiger partial charge >= 0.3 is 0 Å². The average Bonchev–Trinajstić information content (AvgIpc) is 2.82. The highest BCUT2D eigenvalue weighted by atomic mass is 16.5. The number of benzene rings is 1. The normalized spacial score (nSPS) is 22.4. The smallest absolute Gasteiger partial charge is 0.251 e. The van der Waals surface area contributed by atoms with Crippen molar-refractivity contribution >= 4 is 11.6 Å². The van der Waals surface area contributed by atoms with E-state index in [1.54, 1.807) is 7.11 Å². The molecule has 5 nitrogen and oxygen atoms in total. The Kier molecular flexibility index (Phi) is 9.63. The second kappa shape index (κ2) is 12.2. The number of hydrogen-bond donors (Lipinski definition) is 1. The summed E-state index contributed by atoms with van der Waals surface area (Å²) >= 11 is 0. The van der Waals surface area contributed by atoms with Crippen LogP contribution in [0.15, 0.2) is 18.2 Å². The molecule has 0 spiro atoms. The maximum Gasteiger partial charge on any atom is 0.251 e. The second-order valence-corrected chi connectivity index (χ2v) is 11.1. The van der Waals surface area contributed by atoms with Crippen LogP contribution in [0, 0.1) is 11.3 Å². The molecular weight excluding hydrogens is 410 g/mol. The van der Waals surface area contributed by atoms with Gasteiger partial charge in [-0.15, -0.1) is 0 Å². The Balaban J connectivity index is 1.77. The van der Waals surface area contributed by atoms with Gasteiger partial charge in [-0.1, -0.05) is 40.2 Å². The van der Waals surface area contributed by atoms with Crippen molar-refractivity contribution in [3.05, 3.63) is 29.3 Å². The van der Waals surface area contributed by atoms with Gasteiger partial charge in [0, 0.05) is 51.1 Å². The van der Waals surface area contributed by atoms with Crippen molar-refractivity contribution in [3.63, 3.8) is 0 Å². The number of rotatable bonds is 9. The van der Waals surface area contributed by atoms with Crippen LogP contribution in [-0.2, 0) is 4.74 Å². The molecule has 1 aromatic carbocycles. The monoisotopic (exact) mass is 457 g/mol. The first kappa shape index (κ1) is 26.0. The van der Waals surface area contributed by atoms with Gasteiger partial charge in [-0.2, -0.15) is 0 Å². The minimum absolute atomic E-state index is 0.00197. The van der Waals surface area contributed by atoms with E-state index in [-0.39, 0.29) is 5.91 Å². The Morgan fingerprint density at radius 3 is 2.39 bits per heavy atom. The number of anilines is 1. The van der Waals surface area contributed by atoms with Crippen LogP contribution in [0.1, 0.15) is 88.1 Å². The third-order valence-corrected chi connectivity index (χ3v) is 7.82. The Hall–Kier alpha value is -1.59. The van der Waals surface area contributed by atoms with Crippen molar-refractivity contribution in [2.24, 2.45) is 11.3 Å². The van der Waals surface area contributed by atoms with Crippen molar-refractivity contribution < 1.29 is 9.53 Å². The first-order valence-electron chi connectivity index (χ1n) is 13.2. The van der Waals surface area contributed by atoms with Crippen LogP contribution in [0.2, 0.25) is 0 Å². The van der Waals surface area contributed by atoms with Gasteiger partial charge in [-0.05, 0) is 73.6 Å². The number of carbonyl (C=O) groups excluding carboxylic acids is 1. The molecule has 1 N–H and O–H groups in total. The van der Waals surface area contributed by atoms with Crippen molar-refractivity contribution in [2.45, 2.75) is 72.1 Å². The average molecular weight is 458 g/mol. The zero-order valence-electron chi connectivity index (χ0n) is 21.8. The van der Waals surface area contributed by atoms with Gasteiger partial charge in [0.2, 0.25) is 0 Å². The van der Waals surface area contributed by atoms with Gasteiger partial charge < -0.3 is 15.0 Å². The van der Waals surface area contributed by atoms with Crippen LogP contribution in [0.4, 0.5) is 5.69 Å². The lowest BCUT2D eigenvalue weighted by atomic mass is 9.68. The molecule has 2 fully saturated rings. The van der Waals surface area contributed by atoms with Gasteiger partial charge in [0.15, 0.2) is 0 Å². The summed E-state index contributed by atoms with van der Waals surface area (Å²) in [6.07, 6.45) is 7.64. The molecule has 0 unspecified atom stereocenters. The van der Waals surface area contributed by atoms with Gasteiger partial charge in [-0.3, -0.25) is 9.69 Å². The van der Waals surface area contributed by atoms with E-state index in [1.165, 1.54) is 56.3 Å². The van der Waals surface area contributed by atoms with Gasteiger partial charge in [-0.25, -0.2) is 0 Å². The molecule has 1 aromatic rings. The van der Waals surface area contributed by atoms with E-state index >= 15 is 0 Å². The summed E-state index contributed by atoms with van der Waals surface area (Å²) in [4.78, 5) is 17.9. The Morgan fingerprint density at radius 1 is 1.09 bits per heavy atom. The summed E-state index contributed by atoms with van der Waals surface area (Å²) in [6, 6.07) is 6.45. The molecule has 3 rings (SSSR count). The van der Waals surface area contributed by atoms with E-state index in [9.17, 15) is 4.79 Å². The maximum atomic E-state index is 12.8. The van der Waals surface area contributed by atoms with Crippen molar-refractivity contribution in [1.29, 1.82) is 0 Å². The van der Waals surface area contributed by atoms with E-state index in [1.807, 2.05) is 6.07 Å². The third kappa shape index (κ3) is 7.19. The SMILES string of the molecule is CCCCN1CCN(c2cc(C(=O)NCCOC)ccc2C2CCC(C(C)(C)C)CC2)CC1. The molecule has 1 amide bonds. The van der Waals surface area contributed by atoms with Gasteiger partial charge in [0.1, 0.15) is 0 Å². The summed E-state index contributed by atoms with van der Waals surface area (Å²) in [7, 11) is 1.66. The number of methoxy groups -OCH3 is 1. The number of unbranched alkanes of at least 4 members (excludes halogenated alkanes) is 1. The lowest BCUT2D eigenvalue weighted by molar-refractivity contribution is 0.0937. The molecule has 0 bridgehead atoms. The van der Waals surface area contributed by atoms with Gasteiger partial charge in [0.05, 0.1) is 6.61 Å². The Morgan fingerprint density at radius 2 is 1.79 bits per heavy atom. The second-order valence-electron chi connectivity index (χ2n) is 11.1. The number of piperazine rings is 1.